The summed E-state index contributed by atoms with van der Waals surface area (Å²) in [6.07, 6.45) is 64.1. The van der Waals surface area contributed by atoms with E-state index in [2.05, 4.69) is 92.1 Å². The van der Waals surface area contributed by atoms with E-state index in [1.165, 1.54) is 128 Å². The van der Waals surface area contributed by atoms with Crippen molar-refractivity contribution in [1.29, 1.82) is 0 Å². The molecule has 0 radical (unpaired) electrons. The Kier molecular flexibility index (Phi) is 43.4. The van der Waals surface area contributed by atoms with Crippen molar-refractivity contribution in [1.82, 2.24) is 5.32 Å². The number of allylic oxidation sites excluding steroid dienone is 12. The van der Waals surface area contributed by atoms with Gasteiger partial charge in [0.1, 0.15) is 0 Å². The second-order valence-electron chi connectivity index (χ2n) is 15.4. The molecule has 0 aromatic rings. The van der Waals surface area contributed by atoms with Gasteiger partial charge >= 0.3 is 0 Å². The molecule has 0 heterocycles. The van der Waals surface area contributed by atoms with E-state index in [-0.39, 0.29) is 12.5 Å². The lowest BCUT2D eigenvalue weighted by Gasteiger charge is -2.22. The first-order valence-corrected chi connectivity index (χ1v) is 23.1. The van der Waals surface area contributed by atoms with E-state index in [1.807, 2.05) is 0 Å². The van der Waals surface area contributed by atoms with E-state index in [9.17, 15) is 15.0 Å². The maximum atomic E-state index is 12.4. The van der Waals surface area contributed by atoms with Gasteiger partial charge in [-0.15, -0.1) is 0 Å². The van der Waals surface area contributed by atoms with Crippen molar-refractivity contribution in [2.75, 3.05) is 6.61 Å². The summed E-state index contributed by atoms with van der Waals surface area (Å²) in [6.45, 7) is 4.24. The van der Waals surface area contributed by atoms with Gasteiger partial charge in [-0.2, -0.15) is 0 Å². The molecule has 0 aromatic heterocycles. The van der Waals surface area contributed by atoms with Crippen molar-refractivity contribution in [3.63, 3.8) is 0 Å². The summed E-state index contributed by atoms with van der Waals surface area (Å²) in [5.41, 5.74) is 0. The summed E-state index contributed by atoms with van der Waals surface area (Å²) >= 11 is 0. The first-order valence-electron chi connectivity index (χ1n) is 23.1. The number of aliphatic hydroxyl groups excluding tert-OH is 2. The van der Waals surface area contributed by atoms with E-state index in [0.717, 1.165) is 64.2 Å². The minimum absolute atomic E-state index is 0.0394. The average molecular weight is 752 g/mol. The van der Waals surface area contributed by atoms with Crippen LogP contribution in [0.1, 0.15) is 219 Å². The third-order valence-electron chi connectivity index (χ3n) is 10.2. The molecule has 2 atom stereocenters. The van der Waals surface area contributed by atoms with Gasteiger partial charge in [-0.05, 0) is 64.2 Å². The van der Waals surface area contributed by atoms with Gasteiger partial charge in [0.15, 0.2) is 0 Å². The van der Waals surface area contributed by atoms with Crippen molar-refractivity contribution in [3.8, 4) is 0 Å². The van der Waals surface area contributed by atoms with E-state index in [0.29, 0.717) is 12.8 Å². The Hall–Kier alpha value is -2.17. The Morgan fingerprint density at radius 1 is 0.463 bits per heavy atom. The topological polar surface area (TPSA) is 69.6 Å². The third-order valence-corrected chi connectivity index (χ3v) is 10.2. The Balaban J connectivity index is 3.55. The zero-order valence-electron chi connectivity index (χ0n) is 35.7. The predicted octanol–water partition coefficient (Wildman–Crippen LogP) is 14.7. The molecule has 0 aliphatic heterocycles. The van der Waals surface area contributed by atoms with Crippen LogP contribution in [-0.2, 0) is 4.79 Å². The smallest absolute Gasteiger partial charge is 0.220 e. The molecule has 2 unspecified atom stereocenters. The molecule has 0 saturated carbocycles. The number of amides is 1. The molecule has 3 N–H and O–H groups in total. The Morgan fingerprint density at radius 3 is 1.22 bits per heavy atom. The summed E-state index contributed by atoms with van der Waals surface area (Å²) in [5.74, 6) is -0.0394. The maximum absolute atomic E-state index is 12.4. The van der Waals surface area contributed by atoms with Crippen LogP contribution in [0.3, 0.4) is 0 Å². The minimum Gasteiger partial charge on any atom is -0.394 e. The van der Waals surface area contributed by atoms with Gasteiger partial charge < -0.3 is 15.5 Å². The normalized spacial score (nSPS) is 13.6. The quantitative estimate of drug-likeness (QED) is 0.0430. The lowest BCUT2D eigenvalue weighted by atomic mass is 10.0. The van der Waals surface area contributed by atoms with Gasteiger partial charge in [-0.3, -0.25) is 4.79 Å². The number of hydrogen-bond acceptors (Lipinski definition) is 3. The average Bonchev–Trinajstić information content (AvgIpc) is 3.18. The highest BCUT2D eigenvalue weighted by Gasteiger charge is 2.20. The fraction of sp³-hybridized carbons (Fsp3) is 0.740. The van der Waals surface area contributed by atoms with Crippen LogP contribution in [0.2, 0.25) is 0 Å². The molecule has 0 saturated heterocycles. The molecule has 0 aliphatic carbocycles. The van der Waals surface area contributed by atoms with Crippen LogP contribution < -0.4 is 5.32 Å². The highest BCUT2D eigenvalue weighted by molar-refractivity contribution is 5.76. The monoisotopic (exact) mass is 752 g/mol. The fourth-order valence-electron chi connectivity index (χ4n) is 6.72. The van der Waals surface area contributed by atoms with E-state index >= 15 is 0 Å². The van der Waals surface area contributed by atoms with Crippen LogP contribution >= 0.6 is 0 Å². The maximum Gasteiger partial charge on any atom is 0.220 e. The molecule has 54 heavy (non-hydrogen) atoms. The number of unbranched alkanes of at least 4 members (excludes halogenated alkanes) is 22. The largest absolute Gasteiger partial charge is 0.394 e. The molecule has 0 aromatic carbocycles. The number of carbonyl (C=O) groups is 1. The number of hydrogen-bond donors (Lipinski definition) is 3. The minimum atomic E-state index is -0.664. The standard InChI is InChI=1S/C50H89NO3/c1-3-5-7-9-11-13-15-17-18-19-20-21-22-23-24-25-26-27-28-29-30-31-32-34-36-38-40-42-44-46-50(54)51-48(47-52)49(53)45-43-41-39-37-35-33-16-14-12-10-8-6-4-2/h5,7,11,13,17-18,20-21,23-24,26-27,48-49,52-53H,3-4,6,8-10,12,14-16,19,22,25,28-47H2,1-2H3,(H,51,54)/b7-5-,13-11-,18-17-,21-20-,24-23-,27-26-. The van der Waals surface area contributed by atoms with Crippen LogP contribution in [0, 0.1) is 0 Å². The van der Waals surface area contributed by atoms with Crippen LogP contribution in [0.15, 0.2) is 72.9 Å². The number of nitrogens with one attached hydrogen (secondary N) is 1. The Labute approximate surface area is 336 Å². The molecule has 4 heteroatoms. The summed E-state index contributed by atoms with van der Waals surface area (Å²) in [7, 11) is 0. The van der Waals surface area contributed by atoms with Crippen molar-refractivity contribution in [3.05, 3.63) is 72.9 Å². The van der Waals surface area contributed by atoms with Crippen molar-refractivity contribution < 1.29 is 15.0 Å². The first-order chi connectivity index (χ1) is 26.7. The van der Waals surface area contributed by atoms with Crippen LogP contribution in [0.5, 0.6) is 0 Å². The first kappa shape index (κ1) is 51.8. The van der Waals surface area contributed by atoms with Gasteiger partial charge in [0.25, 0.3) is 0 Å². The lowest BCUT2D eigenvalue weighted by molar-refractivity contribution is -0.123. The second kappa shape index (κ2) is 45.2. The van der Waals surface area contributed by atoms with Gasteiger partial charge in [0.05, 0.1) is 18.8 Å². The third kappa shape index (κ3) is 41.0. The zero-order valence-corrected chi connectivity index (χ0v) is 35.7. The molecule has 0 spiro atoms. The van der Waals surface area contributed by atoms with Crippen molar-refractivity contribution in [2.45, 2.75) is 231 Å². The SMILES string of the molecule is CC/C=C\C/C=C\C/C=C\C/C=C\C/C=C\C/C=C\CCCCCCCCCCCCC(=O)NC(CO)C(O)CCCCCCCCCCCCCCC. The molecule has 4 nitrogen and oxygen atoms in total. The van der Waals surface area contributed by atoms with E-state index < -0.39 is 12.1 Å². The van der Waals surface area contributed by atoms with Crippen LogP contribution in [-0.4, -0.2) is 34.9 Å². The predicted molar refractivity (Wildman–Crippen MR) is 239 cm³/mol. The second-order valence-corrected chi connectivity index (χ2v) is 15.4. The molecular formula is C50H89NO3. The van der Waals surface area contributed by atoms with Crippen LogP contribution in [0.4, 0.5) is 0 Å². The summed E-state index contributed by atoms with van der Waals surface area (Å²) < 4.78 is 0. The summed E-state index contributed by atoms with van der Waals surface area (Å²) in [6, 6.07) is -0.541. The van der Waals surface area contributed by atoms with Crippen molar-refractivity contribution in [2.24, 2.45) is 0 Å². The molecule has 1 amide bonds. The van der Waals surface area contributed by atoms with Gasteiger partial charge in [0.2, 0.25) is 5.91 Å². The Bertz CT molecular complexity index is 946. The van der Waals surface area contributed by atoms with Gasteiger partial charge in [-0.1, -0.05) is 222 Å². The van der Waals surface area contributed by atoms with E-state index in [1.54, 1.807) is 0 Å². The fourth-order valence-corrected chi connectivity index (χ4v) is 6.72. The highest BCUT2D eigenvalue weighted by Crippen LogP contribution is 2.15. The number of carbonyl (C=O) groups excluding carboxylic acids is 1. The molecule has 0 bridgehead atoms. The number of aliphatic hydroxyl groups is 2. The molecule has 312 valence electrons. The molecule has 0 fully saturated rings. The van der Waals surface area contributed by atoms with Gasteiger partial charge in [0, 0.05) is 6.42 Å². The zero-order chi connectivity index (χ0) is 39.3. The van der Waals surface area contributed by atoms with Crippen molar-refractivity contribution >= 4 is 5.91 Å². The Morgan fingerprint density at radius 2 is 0.815 bits per heavy atom. The van der Waals surface area contributed by atoms with Crippen LogP contribution in [0.25, 0.3) is 0 Å². The summed E-state index contributed by atoms with van der Waals surface area (Å²) in [4.78, 5) is 12.4. The highest BCUT2D eigenvalue weighted by atomic mass is 16.3. The lowest BCUT2D eigenvalue weighted by Crippen LogP contribution is -2.45. The summed E-state index contributed by atoms with van der Waals surface area (Å²) in [5, 5.41) is 23.2. The van der Waals surface area contributed by atoms with Gasteiger partial charge in [-0.25, -0.2) is 0 Å². The molecule has 0 rings (SSSR count). The van der Waals surface area contributed by atoms with E-state index in [4.69, 9.17) is 0 Å². The molecular weight excluding hydrogens is 663 g/mol. The molecule has 0 aliphatic rings. The number of rotatable bonds is 41.